The molecule has 0 aromatic heterocycles. The van der Waals surface area contributed by atoms with Gasteiger partial charge in [-0.2, -0.15) is 72.8 Å². The average molecular weight is 510 g/mol. The Balaban J connectivity index is 0.000000176. The van der Waals surface area contributed by atoms with Gasteiger partial charge in [0.05, 0.1) is 0 Å². The SMILES string of the molecule is Cc1ccc2c(c1)[cH-]c1cc(C)ccc12.[Cl][Zr][Cl].[c-]1ccccc1.[c-]1ccccc1. The van der Waals surface area contributed by atoms with Gasteiger partial charge in [0.15, 0.2) is 0 Å². The Morgan fingerprint density at radius 1 is 0.633 bits per heavy atom. The van der Waals surface area contributed by atoms with E-state index in [9.17, 15) is 0 Å². The van der Waals surface area contributed by atoms with Crippen LogP contribution in [0.1, 0.15) is 11.1 Å². The molecule has 0 heterocycles. The molecule has 0 unspecified atom stereocenters. The molecule has 0 radical (unpaired) electrons. The van der Waals surface area contributed by atoms with Gasteiger partial charge >= 0.3 is 37.9 Å². The molecule has 3 heteroatoms. The van der Waals surface area contributed by atoms with Crippen molar-refractivity contribution in [2.45, 2.75) is 13.8 Å². The summed E-state index contributed by atoms with van der Waals surface area (Å²) in [4.78, 5) is 0. The summed E-state index contributed by atoms with van der Waals surface area (Å²) in [6.07, 6.45) is 0. The smallest absolute Gasteiger partial charge is 0.171 e. The molecule has 0 N–H and O–H groups in total. The first kappa shape index (κ1) is 24.5. The summed E-state index contributed by atoms with van der Waals surface area (Å²) in [6, 6.07) is 40.6. The monoisotopic (exact) mass is 507 g/mol. The molecule has 152 valence electrons. The van der Waals surface area contributed by atoms with Crippen molar-refractivity contribution in [3.05, 3.63) is 126 Å². The molecule has 0 fully saturated rings. The van der Waals surface area contributed by atoms with Gasteiger partial charge < -0.3 is 0 Å². The van der Waals surface area contributed by atoms with Crippen molar-refractivity contribution in [3.63, 3.8) is 0 Å². The molecular weight excluding hydrogens is 486 g/mol. The maximum absolute atomic E-state index is 4.93. The Labute approximate surface area is 198 Å². The molecule has 0 aliphatic heterocycles. The number of aryl methyl sites for hydroxylation is 2. The van der Waals surface area contributed by atoms with Crippen LogP contribution in [0.15, 0.2) is 103 Å². The van der Waals surface area contributed by atoms with E-state index in [1.807, 2.05) is 60.7 Å². The van der Waals surface area contributed by atoms with Gasteiger partial charge in [-0.1, -0.05) is 35.4 Å². The first-order valence-electron chi connectivity index (χ1n) is 9.50. The van der Waals surface area contributed by atoms with Crippen LogP contribution in [-0.4, -0.2) is 0 Å². The zero-order chi connectivity index (χ0) is 21.6. The number of halogens is 2. The average Bonchev–Trinajstić information content (AvgIpc) is 3.14. The number of benzene rings is 4. The molecule has 5 rings (SSSR count). The van der Waals surface area contributed by atoms with Gasteiger partial charge in [0.25, 0.3) is 0 Å². The fourth-order valence-corrected chi connectivity index (χ4v) is 2.95. The van der Waals surface area contributed by atoms with Crippen LogP contribution < -0.4 is 0 Å². The third kappa shape index (κ3) is 8.52. The summed E-state index contributed by atoms with van der Waals surface area (Å²) < 4.78 is 0. The van der Waals surface area contributed by atoms with E-state index in [2.05, 4.69) is 68.4 Å². The second kappa shape index (κ2) is 14.3. The van der Waals surface area contributed by atoms with Gasteiger partial charge in [0.1, 0.15) is 0 Å². The van der Waals surface area contributed by atoms with Crippen LogP contribution in [0.25, 0.3) is 21.5 Å². The van der Waals surface area contributed by atoms with Crippen LogP contribution in [0.4, 0.5) is 0 Å². The van der Waals surface area contributed by atoms with Gasteiger partial charge in [0, 0.05) is 0 Å². The summed E-state index contributed by atoms with van der Waals surface area (Å²) in [5.41, 5.74) is 2.66. The minimum atomic E-state index is -0.826. The standard InChI is InChI=1S/C15H13.2C6H5.2ClH.Zr/c1-10-3-5-14-12(7-10)9-13-8-11(2)4-6-15(13)14;2*1-2-4-6-5-3-1;;;/h3-9H,1-2H3;2*1-5H;2*1H;/q3*-1;;;+2/p-2. The van der Waals surface area contributed by atoms with Crippen LogP contribution in [0, 0.1) is 26.0 Å². The van der Waals surface area contributed by atoms with Crippen molar-refractivity contribution in [2.75, 3.05) is 0 Å². The molecule has 0 atom stereocenters. The normalized spacial score (nSPS) is 9.33. The molecule has 0 saturated heterocycles. The minimum Gasteiger partial charge on any atom is -0.184 e. The Morgan fingerprint density at radius 3 is 1.27 bits per heavy atom. The van der Waals surface area contributed by atoms with E-state index in [-0.39, 0.29) is 0 Å². The largest absolute Gasteiger partial charge is 0.184 e. The molecule has 5 aromatic carbocycles. The van der Waals surface area contributed by atoms with Crippen molar-refractivity contribution in [1.29, 1.82) is 0 Å². The van der Waals surface area contributed by atoms with Gasteiger partial charge in [-0.05, 0) is 13.8 Å². The predicted octanol–water partition coefficient (Wildman–Crippen LogP) is 8.68. The number of rotatable bonds is 0. The molecule has 0 aliphatic rings. The van der Waals surface area contributed by atoms with E-state index >= 15 is 0 Å². The molecule has 0 saturated carbocycles. The topological polar surface area (TPSA) is 0 Å². The Hall–Kier alpha value is -1.79. The second-order valence-electron chi connectivity index (χ2n) is 6.55. The second-order valence-corrected chi connectivity index (χ2v) is 10.3. The van der Waals surface area contributed by atoms with E-state index in [1.54, 1.807) is 0 Å². The van der Waals surface area contributed by atoms with Gasteiger partial charge in [-0.3, -0.25) is 0 Å². The van der Waals surface area contributed by atoms with E-state index in [4.69, 9.17) is 17.0 Å². The minimum absolute atomic E-state index is 0.826. The van der Waals surface area contributed by atoms with Crippen molar-refractivity contribution in [3.8, 4) is 0 Å². The van der Waals surface area contributed by atoms with E-state index in [0.29, 0.717) is 0 Å². The van der Waals surface area contributed by atoms with Crippen molar-refractivity contribution in [1.82, 2.24) is 0 Å². The zero-order valence-electron chi connectivity index (χ0n) is 17.1. The third-order valence-electron chi connectivity index (χ3n) is 4.23. The van der Waals surface area contributed by atoms with Gasteiger partial charge in [-0.25, -0.2) is 0 Å². The molecule has 5 aromatic rings. The predicted molar refractivity (Wildman–Crippen MR) is 129 cm³/mol. The number of hydrogen-bond acceptors (Lipinski definition) is 0. The Morgan fingerprint density at radius 2 is 1.00 bits per heavy atom. The summed E-state index contributed by atoms with van der Waals surface area (Å²) in [5.74, 6) is 0. The van der Waals surface area contributed by atoms with Crippen LogP contribution in [0.3, 0.4) is 0 Å². The van der Waals surface area contributed by atoms with Crippen molar-refractivity contribution in [2.24, 2.45) is 0 Å². The third-order valence-corrected chi connectivity index (χ3v) is 4.23. The summed E-state index contributed by atoms with van der Waals surface area (Å²) in [7, 11) is 9.87. The number of fused-ring (bicyclic) bond motifs is 3. The Bertz CT molecular complexity index is 962. The Kier molecular flexibility index (Phi) is 11.6. The van der Waals surface area contributed by atoms with E-state index in [1.165, 1.54) is 32.7 Å². The number of hydrogen-bond donors (Lipinski definition) is 0. The van der Waals surface area contributed by atoms with Gasteiger partial charge in [-0.15, -0.1) is 39.7 Å². The summed E-state index contributed by atoms with van der Waals surface area (Å²) in [6.45, 7) is 4.28. The molecule has 0 spiro atoms. The first-order chi connectivity index (χ1) is 14.7. The van der Waals surface area contributed by atoms with Gasteiger partial charge in [0.2, 0.25) is 0 Å². The van der Waals surface area contributed by atoms with Crippen molar-refractivity contribution >= 4 is 38.6 Å². The summed E-state index contributed by atoms with van der Waals surface area (Å²) in [5, 5.41) is 5.46. The molecule has 0 aliphatic carbocycles. The fraction of sp³-hybridized carbons (Fsp3) is 0.0741. The van der Waals surface area contributed by atoms with Crippen LogP contribution in [0.5, 0.6) is 0 Å². The molecular formula is C27H23Cl2Zr-3. The maximum Gasteiger partial charge on any atom is -0.171 e. The molecule has 0 bridgehead atoms. The van der Waals surface area contributed by atoms with Crippen LogP contribution >= 0.6 is 17.0 Å². The fourth-order valence-electron chi connectivity index (χ4n) is 2.95. The van der Waals surface area contributed by atoms with E-state index < -0.39 is 20.8 Å². The van der Waals surface area contributed by atoms with Crippen LogP contribution in [-0.2, 0) is 20.8 Å². The molecule has 30 heavy (non-hydrogen) atoms. The molecule has 0 amide bonds. The first-order valence-corrected chi connectivity index (χ1v) is 15.8. The summed E-state index contributed by atoms with van der Waals surface area (Å²) >= 11 is -0.826. The van der Waals surface area contributed by atoms with Crippen molar-refractivity contribution < 1.29 is 20.8 Å². The zero-order valence-corrected chi connectivity index (χ0v) is 21.0. The quantitative estimate of drug-likeness (QED) is 0.183. The van der Waals surface area contributed by atoms with Crippen LogP contribution in [0.2, 0.25) is 0 Å². The van der Waals surface area contributed by atoms with E-state index in [0.717, 1.165) is 0 Å². The molecule has 0 nitrogen and oxygen atoms in total. The maximum atomic E-state index is 4.93.